The van der Waals surface area contributed by atoms with Gasteiger partial charge in [0, 0.05) is 37.1 Å². The number of piperazine rings is 1. The van der Waals surface area contributed by atoms with E-state index in [-0.39, 0.29) is 12.5 Å². The van der Waals surface area contributed by atoms with Gasteiger partial charge in [-0.2, -0.15) is 5.10 Å². The van der Waals surface area contributed by atoms with Gasteiger partial charge in [0.2, 0.25) is 0 Å². The first-order chi connectivity index (χ1) is 13.4. The number of alkyl halides is 2. The standard InChI is InChI=1S/C20H23ClF2N4O/c1-13-2-5-15(10-17(13)21)27-19(14-3-4-14)16(11-24-27)20(28)26-8-6-25(7-9-26)12-18(22)23/h2,5,10-11,14,18H,3-4,6-9,12H2,1H3. The third-order valence-electron chi connectivity index (χ3n) is 5.46. The molecular weight excluding hydrogens is 386 g/mol. The molecule has 28 heavy (non-hydrogen) atoms. The summed E-state index contributed by atoms with van der Waals surface area (Å²) in [6.07, 6.45) is 1.36. The van der Waals surface area contributed by atoms with Crippen LogP contribution < -0.4 is 0 Å². The third-order valence-corrected chi connectivity index (χ3v) is 5.86. The molecule has 0 spiro atoms. The molecule has 2 aromatic rings. The van der Waals surface area contributed by atoms with Crippen LogP contribution in [0.3, 0.4) is 0 Å². The van der Waals surface area contributed by atoms with E-state index in [1.54, 1.807) is 16.0 Å². The Hall–Kier alpha value is -1.99. The zero-order chi connectivity index (χ0) is 19.8. The van der Waals surface area contributed by atoms with E-state index >= 15 is 0 Å². The third kappa shape index (κ3) is 3.91. The highest BCUT2D eigenvalue weighted by atomic mass is 35.5. The zero-order valence-electron chi connectivity index (χ0n) is 15.7. The number of rotatable bonds is 5. The van der Waals surface area contributed by atoms with Gasteiger partial charge in [0.05, 0.1) is 29.7 Å². The van der Waals surface area contributed by atoms with Crippen molar-refractivity contribution in [2.45, 2.75) is 32.1 Å². The molecule has 2 heterocycles. The number of carbonyl (C=O) groups excluding carboxylic acids is 1. The molecule has 4 rings (SSSR count). The van der Waals surface area contributed by atoms with Crippen LogP contribution in [-0.4, -0.2) is 64.6 Å². The van der Waals surface area contributed by atoms with Crippen molar-refractivity contribution in [1.82, 2.24) is 19.6 Å². The molecule has 1 amide bonds. The SMILES string of the molecule is Cc1ccc(-n2ncc(C(=O)N3CCN(CC(F)F)CC3)c2C2CC2)cc1Cl. The van der Waals surface area contributed by atoms with Crippen LogP contribution in [-0.2, 0) is 0 Å². The summed E-state index contributed by atoms with van der Waals surface area (Å²) in [6, 6.07) is 5.77. The lowest BCUT2D eigenvalue weighted by Gasteiger charge is -2.34. The van der Waals surface area contributed by atoms with Gasteiger partial charge in [0.1, 0.15) is 0 Å². The highest BCUT2D eigenvalue weighted by Crippen LogP contribution is 2.43. The maximum Gasteiger partial charge on any atom is 0.257 e. The number of carbonyl (C=O) groups is 1. The predicted molar refractivity (Wildman–Crippen MR) is 104 cm³/mol. The molecule has 5 nitrogen and oxygen atoms in total. The van der Waals surface area contributed by atoms with E-state index in [1.165, 1.54) is 0 Å². The predicted octanol–water partition coefficient (Wildman–Crippen LogP) is 3.73. The summed E-state index contributed by atoms with van der Waals surface area (Å²) >= 11 is 6.28. The van der Waals surface area contributed by atoms with Crippen molar-refractivity contribution in [3.63, 3.8) is 0 Å². The normalized spacial score (nSPS) is 18.1. The summed E-state index contributed by atoms with van der Waals surface area (Å²) in [4.78, 5) is 16.6. The highest BCUT2D eigenvalue weighted by Gasteiger charge is 2.35. The van der Waals surface area contributed by atoms with E-state index in [4.69, 9.17) is 11.6 Å². The van der Waals surface area contributed by atoms with Crippen molar-refractivity contribution in [3.8, 4) is 5.69 Å². The Morgan fingerprint density at radius 1 is 1.25 bits per heavy atom. The van der Waals surface area contributed by atoms with E-state index < -0.39 is 6.43 Å². The van der Waals surface area contributed by atoms with Gasteiger partial charge in [-0.1, -0.05) is 17.7 Å². The smallest absolute Gasteiger partial charge is 0.257 e. The Morgan fingerprint density at radius 3 is 2.57 bits per heavy atom. The number of aromatic nitrogens is 2. The first-order valence-electron chi connectivity index (χ1n) is 9.58. The van der Waals surface area contributed by atoms with Crippen LogP contribution in [0.2, 0.25) is 5.02 Å². The fraction of sp³-hybridized carbons (Fsp3) is 0.500. The van der Waals surface area contributed by atoms with Gasteiger partial charge in [-0.05, 0) is 37.5 Å². The lowest BCUT2D eigenvalue weighted by atomic mass is 10.1. The largest absolute Gasteiger partial charge is 0.336 e. The average molecular weight is 409 g/mol. The molecule has 0 radical (unpaired) electrons. The Morgan fingerprint density at radius 2 is 1.96 bits per heavy atom. The van der Waals surface area contributed by atoms with Crippen LogP contribution >= 0.6 is 11.6 Å². The molecule has 1 aliphatic heterocycles. The molecule has 1 aliphatic carbocycles. The Balaban J connectivity index is 1.56. The summed E-state index contributed by atoms with van der Waals surface area (Å²) in [6.45, 7) is 3.56. The summed E-state index contributed by atoms with van der Waals surface area (Å²) in [5.74, 6) is 0.254. The molecule has 0 unspecified atom stereocenters. The molecule has 1 aromatic carbocycles. The Labute approximate surface area is 167 Å². The van der Waals surface area contributed by atoms with Crippen molar-refractivity contribution in [1.29, 1.82) is 0 Å². The highest BCUT2D eigenvalue weighted by molar-refractivity contribution is 6.31. The Bertz CT molecular complexity index is 873. The molecule has 0 atom stereocenters. The van der Waals surface area contributed by atoms with E-state index in [9.17, 15) is 13.6 Å². The van der Waals surface area contributed by atoms with Crippen molar-refractivity contribution < 1.29 is 13.6 Å². The molecule has 1 aromatic heterocycles. The minimum Gasteiger partial charge on any atom is -0.336 e. The lowest BCUT2D eigenvalue weighted by molar-refractivity contribution is 0.0458. The topological polar surface area (TPSA) is 41.4 Å². The average Bonchev–Trinajstić information content (AvgIpc) is 3.41. The van der Waals surface area contributed by atoms with Crippen LogP contribution in [0.15, 0.2) is 24.4 Å². The second-order valence-electron chi connectivity index (χ2n) is 7.55. The number of hydrogen-bond donors (Lipinski definition) is 0. The molecular formula is C20H23ClF2N4O. The van der Waals surface area contributed by atoms with Gasteiger partial charge >= 0.3 is 0 Å². The lowest BCUT2D eigenvalue weighted by Crippen LogP contribution is -2.49. The number of hydrogen-bond acceptors (Lipinski definition) is 3. The van der Waals surface area contributed by atoms with Crippen molar-refractivity contribution >= 4 is 17.5 Å². The van der Waals surface area contributed by atoms with Gasteiger partial charge in [0.25, 0.3) is 12.3 Å². The monoisotopic (exact) mass is 408 g/mol. The number of amides is 1. The maximum atomic E-state index is 13.1. The number of aryl methyl sites for hydroxylation is 1. The molecule has 1 saturated carbocycles. The van der Waals surface area contributed by atoms with Crippen LogP contribution in [0.1, 0.15) is 40.4 Å². The molecule has 2 aliphatic rings. The van der Waals surface area contributed by atoms with Crippen LogP contribution in [0.5, 0.6) is 0 Å². The fourth-order valence-electron chi connectivity index (χ4n) is 3.69. The number of benzene rings is 1. The van der Waals surface area contributed by atoms with Gasteiger partial charge in [0.15, 0.2) is 0 Å². The van der Waals surface area contributed by atoms with Crippen LogP contribution in [0, 0.1) is 6.92 Å². The first kappa shape index (κ1) is 19.3. The van der Waals surface area contributed by atoms with Gasteiger partial charge < -0.3 is 4.90 Å². The van der Waals surface area contributed by atoms with E-state index in [0.717, 1.165) is 29.8 Å². The van der Waals surface area contributed by atoms with E-state index in [0.29, 0.717) is 42.7 Å². The number of nitrogens with zero attached hydrogens (tertiary/aromatic N) is 4. The van der Waals surface area contributed by atoms with E-state index in [1.807, 2.05) is 29.8 Å². The first-order valence-corrected chi connectivity index (χ1v) is 9.96. The van der Waals surface area contributed by atoms with Gasteiger partial charge in [-0.15, -0.1) is 0 Å². The molecule has 1 saturated heterocycles. The van der Waals surface area contributed by atoms with Crippen LogP contribution in [0.4, 0.5) is 8.78 Å². The Kier molecular flexibility index (Phi) is 5.38. The fourth-order valence-corrected chi connectivity index (χ4v) is 3.87. The summed E-state index contributed by atoms with van der Waals surface area (Å²) < 4.78 is 26.9. The zero-order valence-corrected chi connectivity index (χ0v) is 16.5. The van der Waals surface area contributed by atoms with Gasteiger partial charge in [-0.3, -0.25) is 9.69 Å². The van der Waals surface area contributed by atoms with Crippen molar-refractivity contribution in [2.24, 2.45) is 0 Å². The molecule has 150 valence electrons. The van der Waals surface area contributed by atoms with Crippen molar-refractivity contribution in [2.75, 3.05) is 32.7 Å². The second-order valence-corrected chi connectivity index (χ2v) is 7.95. The summed E-state index contributed by atoms with van der Waals surface area (Å²) in [7, 11) is 0. The molecule has 2 fully saturated rings. The summed E-state index contributed by atoms with van der Waals surface area (Å²) in [5, 5.41) is 5.15. The summed E-state index contributed by atoms with van der Waals surface area (Å²) in [5.41, 5.74) is 3.38. The molecule has 0 N–H and O–H groups in total. The second kappa shape index (κ2) is 7.79. The minimum absolute atomic E-state index is 0.0666. The van der Waals surface area contributed by atoms with Crippen molar-refractivity contribution in [3.05, 3.63) is 46.2 Å². The molecule has 0 bridgehead atoms. The minimum atomic E-state index is -2.34. The molecule has 8 heteroatoms. The van der Waals surface area contributed by atoms with Crippen LogP contribution in [0.25, 0.3) is 5.69 Å². The van der Waals surface area contributed by atoms with E-state index in [2.05, 4.69) is 5.10 Å². The number of halogens is 3. The quantitative estimate of drug-likeness (QED) is 0.756. The van der Waals surface area contributed by atoms with Gasteiger partial charge in [-0.25, -0.2) is 13.5 Å². The maximum absolute atomic E-state index is 13.1.